The second-order valence-corrected chi connectivity index (χ2v) is 3.29. The summed E-state index contributed by atoms with van der Waals surface area (Å²) in [7, 11) is -2.61. The third-order valence-electron chi connectivity index (χ3n) is 1.66. The van der Waals surface area contributed by atoms with E-state index in [-0.39, 0.29) is 0 Å². The van der Waals surface area contributed by atoms with E-state index >= 15 is 0 Å². The molecular weight excluding hydrogens is 198 g/mol. The van der Waals surface area contributed by atoms with E-state index in [2.05, 4.69) is 37.3 Å². The first-order chi connectivity index (χ1) is 6.66. The zero-order valence-electron chi connectivity index (χ0n) is 8.23. The largest absolute Gasteiger partial charge is 0.308 e. The van der Waals surface area contributed by atoms with Gasteiger partial charge >= 0.3 is 10.5 Å². The van der Waals surface area contributed by atoms with Gasteiger partial charge in [-0.15, -0.1) is 0 Å². The van der Waals surface area contributed by atoms with E-state index in [0.29, 0.717) is 0 Å². The minimum atomic E-state index is -2.61. The van der Waals surface area contributed by atoms with Gasteiger partial charge in [-0.2, -0.15) is 13.2 Å². The Kier molecular flexibility index (Phi) is 7.74. The molecule has 0 radical (unpaired) electrons. The molecule has 1 aromatic rings. The topological polar surface area (TPSA) is 58.0 Å². The number of hydrogen-bond acceptors (Lipinski definition) is 3. The standard InChI is InChI=1S/C10H14.HNO2S/c1-2-3-7-10-8-5-4-6-9-10;1-4(2)3/h4-6,8-9H,2-3,7H2,1H3;1H. The number of aryl methyl sites for hydroxylation is 1. The average Bonchev–Trinajstić information content (AvgIpc) is 2.15. The van der Waals surface area contributed by atoms with Crippen molar-refractivity contribution in [2.45, 2.75) is 26.2 Å². The maximum atomic E-state index is 8.67. The Bertz CT molecular complexity index is 324. The van der Waals surface area contributed by atoms with E-state index in [4.69, 9.17) is 13.2 Å². The lowest BCUT2D eigenvalue weighted by atomic mass is 10.1. The second-order valence-electron chi connectivity index (χ2n) is 2.82. The van der Waals surface area contributed by atoms with E-state index in [0.717, 1.165) is 0 Å². The van der Waals surface area contributed by atoms with Crippen molar-refractivity contribution in [3.63, 3.8) is 0 Å². The van der Waals surface area contributed by atoms with Gasteiger partial charge in [0.2, 0.25) is 0 Å². The van der Waals surface area contributed by atoms with Crippen LogP contribution in [0.25, 0.3) is 0 Å². The number of unbranched alkanes of at least 4 members (excludes halogenated alkanes) is 1. The number of hydrogen-bond donors (Lipinski definition) is 1. The highest BCUT2D eigenvalue weighted by molar-refractivity contribution is 7.60. The van der Waals surface area contributed by atoms with Gasteiger partial charge in [0.25, 0.3) is 0 Å². The summed E-state index contributed by atoms with van der Waals surface area (Å²) in [4.78, 5) is 0. The fourth-order valence-electron chi connectivity index (χ4n) is 1.03. The highest BCUT2D eigenvalue weighted by Gasteiger charge is 1.87. The quantitative estimate of drug-likeness (QED) is 0.839. The van der Waals surface area contributed by atoms with Crippen LogP contribution in [0.3, 0.4) is 0 Å². The monoisotopic (exact) mass is 213 g/mol. The summed E-state index contributed by atoms with van der Waals surface area (Å²) in [6.07, 6.45) is 3.83. The molecule has 0 saturated heterocycles. The molecule has 78 valence electrons. The summed E-state index contributed by atoms with van der Waals surface area (Å²) in [5, 5.41) is 0. The van der Waals surface area contributed by atoms with Crippen LogP contribution in [0.1, 0.15) is 25.3 Å². The summed E-state index contributed by atoms with van der Waals surface area (Å²) in [5.74, 6) is 0. The molecule has 14 heavy (non-hydrogen) atoms. The van der Waals surface area contributed by atoms with Gasteiger partial charge in [0.1, 0.15) is 0 Å². The van der Waals surface area contributed by atoms with Gasteiger partial charge in [-0.1, -0.05) is 43.7 Å². The summed E-state index contributed by atoms with van der Waals surface area (Å²) in [6, 6.07) is 10.6. The van der Waals surface area contributed by atoms with Crippen LogP contribution >= 0.6 is 0 Å². The van der Waals surface area contributed by atoms with Crippen LogP contribution in [0, 0.1) is 4.78 Å². The molecule has 0 aliphatic rings. The Morgan fingerprint density at radius 2 is 1.71 bits per heavy atom. The van der Waals surface area contributed by atoms with E-state index in [1.807, 2.05) is 0 Å². The molecule has 0 atom stereocenters. The van der Waals surface area contributed by atoms with Crippen molar-refractivity contribution in [3.8, 4) is 0 Å². The van der Waals surface area contributed by atoms with Gasteiger partial charge in [-0.25, -0.2) is 0 Å². The van der Waals surface area contributed by atoms with Crippen LogP contribution in [-0.4, -0.2) is 8.42 Å². The first kappa shape index (κ1) is 12.8. The third kappa shape index (κ3) is 8.93. The van der Waals surface area contributed by atoms with Crippen LogP contribution in [0.15, 0.2) is 30.3 Å². The molecule has 0 bridgehead atoms. The molecule has 0 spiro atoms. The Morgan fingerprint density at radius 3 is 2.14 bits per heavy atom. The highest BCUT2D eigenvalue weighted by Crippen LogP contribution is 2.03. The summed E-state index contributed by atoms with van der Waals surface area (Å²) < 4.78 is 22.8. The molecule has 3 nitrogen and oxygen atoms in total. The molecule has 4 heteroatoms. The lowest BCUT2D eigenvalue weighted by Crippen LogP contribution is -1.81. The van der Waals surface area contributed by atoms with Crippen molar-refractivity contribution in [1.82, 2.24) is 0 Å². The lowest BCUT2D eigenvalue weighted by molar-refractivity contribution is 0.620. The molecule has 0 fully saturated rings. The molecule has 1 N–H and O–H groups in total. The van der Waals surface area contributed by atoms with Crippen molar-refractivity contribution in [3.05, 3.63) is 35.9 Å². The van der Waals surface area contributed by atoms with Gasteiger partial charge in [0.05, 0.1) is 0 Å². The zero-order chi connectivity index (χ0) is 10.8. The van der Waals surface area contributed by atoms with Crippen LogP contribution < -0.4 is 0 Å². The van der Waals surface area contributed by atoms with Gasteiger partial charge in [-0.05, 0) is 18.4 Å². The highest BCUT2D eigenvalue weighted by atomic mass is 32.2. The molecule has 1 aromatic carbocycles. The fraction of sp³-hybridized carbons (Fsp3) is 0.400. The Balaban J connectivity index is 0.000000364. The fourth-order valence-corrected chi connectivity index (χ4v) is 1.03. The van der Waals surface area contributed by atoms with Crippen molar-refractivity contribution >= 4 is 10.5 Å². The molecule has 0 saturated carbocycles. The third-order valence-corrected chi connectivity index (χ3v) is 1.66. The van der Waals surface area contributed by atoms with Crippen LogP contribution in [0.4, 0.5) is 0 Å². The maximum absolute atomic E-state index is 8.67. The molecule has 0 aliphatic heterocycles. The number of nitrogens with one attached hydrogen (secondary N) is 1. The second kappa shape index (κ2) is 8.44. The van der Waals surface area contributed by atoms with Gasteiger partial charge < -0.3 is 0 Å². The molecule has 0 heterocycles. The molecule has 0 amide bonds. The molecule has 0 unspecified atom stereocenters. The average molecular weight is 213 g/mol. The number of benzene rings is 1. The van der Waals surface area contributed by atoms with E-state index in [1.54, 1.807) is 0 Å². The molecule has 1 rings (SSSR count). The van der Waals surface area contributed by atoms with Gasteiger partial charge in [0, 0.05) is 0 Å². The van der Waals surface area contributed by atoms with Crippen molar-refractivity contribution in [1.29, 1.82) is 4.78 Å². The van der Waals surface area contributed by atoms with E-state index in [1.165, 1.54) is 24.8 Å². The Hall–Kier alpha value is -1.16. The van der Waals surface area contributed by atoms with Crippen molar-refractivity contribution < 1.29 is 8.42 Å². The van der Waals surface area contributed by atoms with Crippen LogP contribution in [0.5, 0.6) is 0 Å². The molecule has 0 aromatic heterocycles. The van der Waals surface area contributed by atoms with Crippen LogP contribution in [-0.2, 0) is 16.9 Å². The first-order valence-corrected chi connectivity index (χ1v) is 5.58. The van der Waals surface area contributed by atoms with E-state index < -0.39 is 10.5 Å². The zero-order valence-corrected chi connectivity index (χ0v) is 9.05. The predicted octanol–water partition coefficient (Wildman–Crippen LogP) is 2.66. The van der Waals surface area contributed by atoms with Crippen molar-refractivity contribution in [2.24, 2.45) is 0 Å². The smallest absolute Gasteiger partial charge is 0.188 e. The Labute approximate surface area is 86.3 Å². The summed E-state index contributed by atoms with van der Waals surface area (Å²) in [5.41, 5.74) is 1.46. The first-order valence-electron chi connectivity index (χ1n) is 4.51. The minimum Gasteiger partial charge on any atom is -0.188 e. The normalized spacial score (nSPS) is 8.64. The predicted molar refractivity (Wildman–Crippen MR) is 56.7 cm³/mol. The van der Waals surface area contributed by atoms with Gasteiger partial charge in [-0.3, -0.25) is 0 Å². The summed E-state index contributed by atoms with van der Waals surface area (Å²) >= 11 is 0. The van der Waals surface area contributed by atoms with Crippen molar-refractivity contribution in [2.75, 3.05) is 0 Å². The van der Waals surface area contributed by atoms with Gasteiger partial charge in [0.15, 0.2) is 0 Å². The number of rotatable bonds is 3. The lowest BCUT2D eigenvalue weighted by Gasteiger charge is -1.96. The maximum Gasteiger partial charge on any atom is 0.308 e. The molecule has 0 aliphatic carbocycles. The van der Waals surface area contributed by atoms with E-state index in [9.17, 15) is 0 Å². The van der Waals surface area contributed by atoms with Crippen LogP contribution in [0.2, 0.25) is 0 Å². The summed E-state index contributed by atoms with van der Waals surface area (Å²) in [6.45, 7) is 2.23. The minimum absolute atomic E-state index is 1.23. The molecular formula is C10H15NO2S. The SMILES string of the molecule is CCCCc1ccccc1.N=S(=O)=O. The Morgan fingerprint density at radius 1 is 1.21 bits per heavy atom.